The first kappa shape index (κ1) is 15.9. The van der Waals surface area contributed by atoms with Gasteiger partial charge in [-0.1, -0.05) is 19.8 Å². The zero-order valence-electron chi connectivity index (χ0n) is 14.2. The quantitative estimate of drug-likeness (QED) is 0.792. The molecule has 0 saturated heterocycles. The fourth-order valence-electron chi connectivity index (χ4n) is 3.54. The molecule has 1 aliphatic heterocycles. The van der Waals surface area contributed by atoms with Crippen LogP contribution in [0, 0.1) is 0 Å². The third-order valence-electron chi connectivity index (χ3n) is 4.71. The Morgan fingerprint density at radius 3 is 2.92 bits per heavy atom. The number of H-pyrrole nitrogens is 1. The van der Waals surface area contributed by atoms with Gasteiger partial charge in [0, 0.05) is 29.8 Å². The van der Waals surface area contributed by atoms with E-state index < -0.39 is 0 Å². The lowest BCUT2D eigenvalue weighted by atomic mass is 10.1. The third kappa shape index (κ3) is 3.27. The number of fused-ring (bicyclic) bond motifs is 1. The van der Waals surface area contributed by atoms with Crippen molar-refractivity contribution in [3.63, 3.8) is 0 Å². The van der Waals surface area contributed by atoms with Crippen LogP contribution < -0.4 is 10.1 Å². The predicted octanol–water partition coefficient (Wildman–Crippen LogP) is 4.80. The number of anilines is 1. The Hall–Kier alpha value is -1.62. The lowest BCUT2D eigenvalue weighted by molar-refractivity contribution is 0.318. The second-order valence-electron chi connectivity index (χ2n) is 6.63. The fourth-order valence-corrected chi connectivity index (χ4v) is 4.36. The van der Waals surface area contributed by atoms with E-state index in [0.29, 0.717) is 6.04 Å². The zero-order chi connectivity index (χ0) is 16.4. The van der Waals surface area contributed by atoms with E-state index in [1.165, 1.54) is 42.3 Å². The Morgan fingerprint density at radius 2 is 2.17 bits per heavy atom. The maximum Gasteiger partial charge on any atom is 0.122 e. The van der Waals surface area contributed by atoms with Crippen molar-refractivity contribution in [1.82, 2.24) is 4.98 Å². The molecule has 128 valence electrons. The molecule has 0 amide bonds. The molecule has 2 N–H and O–H groups in total. The average molecular weight is 343 g/mol. The third-order valence-corrected chi connectivity index (χ3v) is 5.71. The van der Waals surface area contributed by atoms with Gasteiger partial charge in [-0.15, -0.1) is 11.8 Å². The van der Waals surface area contributed by atoms with E-state index in [0.717, 1.165) is 41.8 Å². The van der Waals surface area contributed by atoms with Gasteiger partial charge in [0.15, 0.2) is 0 Å². The van der Waals surface area contributed by atoms with Crippen molar-refractivity contribution >= 4 is 33.4 Å². The lowest BCUT2D eigenvalue weighted by Gasteiger charge is -2.16. The molecule has 0 unspecified atom stereocenters. The van der Waals surface area contributed by atoms with Gasteiger partial charge in [0.2, 0.25) is 0 Å². The number of hydrogen-bond acceptors (Lipinski definition) is 4. The summed E-state index contributed by atoms with van der Waals surface area (Å²) in [4.78, 5) is 8.20. The molecule has 24 heavy (non-hydrogen) atoms. The van der Waals surface area contributed by atoms with Crippen LogP contribution in [0.3, 0.4) is 0 Å². The number of nitrogens with zero attached hydrogens (tertiary/aromatic N) is 1. The molecule has 4 rings (SSSR count). The number of rotatable bonds is 6. The monoisotopic (exact) mass is 343 g/mol. The summed E-state index contributed by atoms with van der Waals surface area (Å²) in [5.74, 6) is 2.04. The summed E-state index contributed by atoms with van der Waals surface area (Å²) in [5, 5.41) is 6.08. The molecule has 0 atom stereocenters. The molecule has 1 fully saturated rings. The average Bonchev–Trinajstić information content (AvgIpc) is 3.32. The molecule has 0 spiro atoms. The van der Waals surface area contributed by atoms with Crippen LogP contribution in [0.1, 0.15) is 44.7 Å². The van der Waals surface area contributed by atoms with Gasteiger partial charge in [-0.05, 0) is 31.4 Å². The molecule has 1 aromatic carbocycles. The second kappa shape index (κ2) is 7.09. The Bertz CT molecular complexity index is 746. The number of hydrogen-bond donors (Lipinski definition) is 2. The van der Waals surface area contributed by atoms with Crippen molar-refractivity contribution in [2.45, 2.75) is 45.1 Å². The molecule has 5 heteroatoms. The van der Waals surface area contributed by atoms with Crippen LogP contribution in [0.4, 0.5) is 5.69 Å². The highest BCUT2D eigenvalue weighted by atomic mass is 32.2. The first-order valence-corrected chi connectivity index (χ1v) is 10.1. The minimum absolute atomic E-state index is 0.583. The normalized spacial score (nSPS) is 18.3. The first-order valence-electron chi connectivity index (χ1n) is 9.07. The number of benzene rings is 1. The molecule has 4 nitrogen and oxygen atoms in total. The number of nitrogens with one attached hydrogen (secondary N) is 2. The number of aliphatic imine (C=N–C) groups is 1. The Labute approximate surface area is 147 Å². The summed E-state index contributed by atoms with van der Waals surface area (Å²) in [6.07, 6.45) is 6.21. The molecule has 0 bridgehead atoms. The Balaban J connectivity index is 1.70. The summed E-state index contributed by atoms with van der Waals surface area (Å²) >= 11 is 1.83. The summed E-state index contributed by atoms with van der Waals surface area (Å²) in [6.45, 7) is 3.82. The van der Waals surface area contributed by atoms with E-state index in [2.05, 4.69) is 40.4 Å². The molecule has 2 aromatic rings. The van der Waals surface area contributed by atoms with Gasteiger partial charge in [-0.2, -0.15) is 0 Å². The standard InChI is InChI=1S/C19H25N3OS/c1-2-8-23-15-10-13-11-17(19-20-7-9-24-19)22-18(13)16(12-15)21-14-5-3-4-6-14/h10-12,14,21-22H,2-9H2,1H3. The van der Waals surface area contributed by atoms with Gasteiger partial charge < -0.3 is 15.0 Å². The molecular formula is C19H25N3OS. The first-order chi connectivity index (χ1) is 11.8. The highest BCUT2D eigenvalue weighted by Gasteiger charge is 2.19. The topological polar surface area (TPSA) is 49.4 Å². The largest absolute Gasteiger partial charge is 0.494 e. The summed E-state index contributed by atoms with van der Waals surface area (Å²) in [6, 6.07) is 7.09. The summed E-state index contributed by atoms with van der Waals surface area (Å²) in [5.41, 5.74) is 3.48. The molecule has 0 radical (unpaired) electrons. The zero-order valence-corrected chi connectivity index (χ0v) is 15.0. The Morgan fingerprint density at radius 1 is 1.29 bits per heavy atom. The minimum atomic E-state index is 0.583. The van der Waals surface area contributed by atoms with Gasteiger partial charge in [0.25, 0.3) is 0 Å². The van der Waals surface area contributed by atoms with Crippen LogP contribution >= 0.6 is 11.8 Å². The van der Waals surface area contributed by atoms with Crippen molar-refractivity contribution in [2.24, 2.45) is 4.99 Å². The minimum Gasteiger partial charge on any atom is -0.494 e. The van der Waals surface area contributed by atoms with E-state index in [-0.39, 0.29) is 0 Å². The smallest absolute Gasteiger partial charge is 0.122 e. The number of thioether (sulfide) groups is 1. The molecule has 1 saturated carbocycles. The van der Waals surface area contributed by atoms with Crippen molar-refractivity contribution in [2.75, 3.05) is 24.2 Å². The van der Waals surface area contributed by atoms with Crippen LogP contribution in [-0.4, -0.2) is 35.0 Å². The molecule has 1 aliphatic carbocycles. The van der Waals surface area contributed by atoms with Gasteiger partial charge in [-0.3, -0.25) is 4.99 Å². The SMILES string of the molecule is CCCOc1cc(NC2CCCC2)c2[nH]c(C3=NCCS3)cc2c1. The van der Waals surface area contributed by atoms with Crippen LogP contribution in [0.15, 0.2) is 23.2 Å². The van der Waals surface area contributed by atoms with Gasteiger partial charge in [0.05, 0.1) is 23.5 Å². The van der Waals surface area contributed by atoms with E-state index in [9.17, 15) is 0 Å². The summed E-state index contributed by atoms with van der Waals surface area (Å²) in [7, 11) is 0. The van der Waals surface area contributed by atoms with Gasteiger partial charge >= 0.3 is 0 Å². The van der Waals surface area contributed by atoms with E-state index in [1.54, 1.807) is 0 Å². The van der Waals surface area contributed by atoms with Crippen molar-refractivity contribution < 1.29 is 4.74 Å². The number of ether oxygens (including phenoxy) is 1. The maximum atomic E-state index is 5.91. The van der Waals surface area contributed by atoms with Crippen molar-refractivity contribution in [3.05, 3.63) is 23.9 Å². The maximum absolute atomic E-state index is 5.91. The van der Waals surface area contributed by atoms with E-state index in [4.69, 9.17) is 4.74 Å². The van der Waals surface area contributed by atoms with E-state index in [1.807, 2.05) is 11.8 Å². The van der Waals surface area contributed by atoms with Gasteiger partial charge in [-0.25, -0.2) is 0 Å². The lowest BCUT2D eigenvalue weighted by Crippen LogP contribution is -2.14. The van der Waals surface area contributed by atoms with E-state index >= 15 is 0 Å². The van der Waals surface area contributed by atoms with Crippen LogP contribution in [0.25, 0.3) is 10.9 Å². The fraction of sp³-hybridized carbons (Fsp3) is 0.526. The van der Waals surface area contributed by atoms with Crippen molar-refractivity contribution in [3.8, 4) is 5.75 Å². The molecule has 2 aliphatic rings. The number of aromatic amines is 1. The van der Waals surface area contributed by atoms with Crippen LogP contribution in [0.5, 0.6) is 5.75 Å². The number of aromatic nitrogens is 1. The van der Waals surface area contributed by atoms with Crippen LogP contribution in [0.2, 0.25) is 0 Å². The highest BCUT2D eigenvalue weighted by Crippen LogP contribution is 2.33. The predicted molar refractivity (Wildman–Crippen MR) is 104 cm³/mol. The van der Waals surface area contributed by atoms with Crippen molar-refractivity contribution in [1.29, 1.82) is 0 Å². The summed E-state index contributed by atoms with van der Waals surface area (Å²) < 4.78 is 5.91. The van der Waals surface area contributed by atoms with Gasteiger partial charge in [0.1, 0.15) is 10.8 Å². The molecule has 1 aromatic heterocycles. The Kier molecular flexibility index (Phi) is 4.69. The molecular weight excluding hydrogens is 318 g/mol. The van der Waals surface area contributed by atoms with Crippen LogP contribution in [-0.2, 0) is 0 Å². The highest BCUT2D eigenvalue weighted by molar-refractivity contribution is 8.14. The second-order valence-corrected chi connectivity index (χ2v) is 7.71. The molecule has 2 heterocycles.